The lowest BCUT2D eigenvalue weighted by Crippen LogP contribution is -2.50. The topological polar surface area (TPSA) is 57.7 Å². The number of hydrogen-bond acceptors (Lipinski definition) is 3. The molecule has 0 radical (unpaired) electrons. The largest absolute Gasteiger partial charge is 0.310 e. The second-order valence-corrected chi connectivity index (χ2v) is 8.16. The molecule has 0 aliphatic carbocycles. The molecule has 0 saturated heterocycles. The number of halogens is 1. The molecule has 0 aromatic heterocycles. The molecule has 0 N–H and O–H groups in total. The minimum Gasteiger partial charge on any atom is -0.310 e. The molecule has 2 aromatic carbocycles. The monoisotopic (exact) mass is 376 g/mol. The highest BCUT2D eigenvalue weighted by Gasteiger charge is 2.37. The zero-order chi connectivity index (χ0) is 18.9. The maximum absolute atomic E-state index is 14.3. The van der Waals surface area contributed by atoms with Crippen LogP contribution in [0.25, 0.3) is 0 Å². The number of para-hydroxylation sites is 2. The van der Waals surface area contributed by atoms with Crippen molar-refractivity contribution in [3.8, 4) is 0 Å². The smallest absolute Gasteiger partial charge is 0.250 e. The zero-order valence-corrected chi connectivity index (χ0v) is 15.5. The van der Waals surface area contributed by atoms with Crippen LogP contribution in [0.15, 0.2) is 48.5 Å². The van der Waals surface area contributed by atoms with Gasteiger partial charge in [-0.3, -0.25) is 9.10 Å². The van der Waals surface area contributed by atoms with Gasteiger partial charge in [-0.15, -0.1) is 0 Å². The third-order valence-electron chi connectivity index (χ3n) is 4.56. The first-order chi connectivity index (χ1) is 12.3. The van der Waals surface area contributed by atoms with E-state index in [1.165, 1.54) is 18.2 Å². The standard InChI is InChI=1S/C19H21FN2O3S/c1-3-16(19(23)21-13-12-14-8-4-6-10-17(14)21)22(26(2,24)25)18-11-7-5-9-15(18)20/h4-11,16H,3,12-13H2,1-2H3/t16-/m1/s1. The van der Waals surface area contributed by atoms with Crippen molar-refractivity contribution in [1.82, 2.24) is 0 Å². The van der Waals surface area contributed by atoms with Gasteiger partial charge in [0.2, 0.25) is 10.0 Å². The fourth-order valence-electron chi connectivity index (χ4n) is 3.40. The summed E-state index contributed by atoms with van der Waals surface area (Å²) in [7, 11) is -3.86. The van der Waals surface area contributed by atoms with Crippen molar-refractivity contribution >= 4 is 27.3 Å². The first-order valence-electron chi connectivity index (χ1n) is 8.47. The number of fused-ring (bicyclic) bond motifs is 1. The van der Waals surface area contributed by atoms with Crippen molar-refractivity contribution in [1.29, 1.82) is 0 Å². The maximum atomic E-state index is 14.3. The molecule has 2 aromatic rings. The number of hydrogen-bond donors (Lipinski definition) is 0. The number of anilines is 2. The Morgan fingerprint density at radius 3 is 2.50 bits per heavy atom. The molecule has 26 heavy (non-hydrogen) atoms. The van der Waals surface area contributed by atoms with E-state index in [9.17, 15) is 17.6 Å². The van der Waals surface area contributed by atoms with E-state index in [0.29, 0.717) is 6.54 Å². The average Bonchev–Trinajstić information content (AvgIpc) is 3.03. The second kappa shape index (κ2) is 7.07. The molecule has 1 atom stereocenters. The Morgan fingerprint density at radius 2 is 1.85 bits per heavy atom. The van der Waals surface area contributed by atoms with E-state index >= 15 is 0 Å². The molecule has 0 spiro atoms. The molecular formula is C19H21FN2O3S. The number of benzene rings is 2. The number of sulfonamides is 1. The summed E-state index contributed by atoms with van der Waals surface area (Å²) in [6.07, 6.45) is 1.95. The maximum Gasteiger partial charge on any atom is 0.250 e. The van der Waals surface area contributed by atoms with Gasteiger partial charge in [-0.25, -0.2) is 12.8 Å². The first kappa shape index (κ1) is 18.4. The minimum absolute atomic E-state index is 0.109. The Hall–Kier alpha value is -2.41. The Kier molecular flexibility index (Phi) is 5.00. The number of nitrogens with zero attached hydrogens (tertiary/aromatic N) is 2. The third-order valence-corrected chi connectivity index (χ3v) is 5.72. The summed E-state index contributed by atoms with van der Waals surface area (Å²) in [5, 5.41) is 0. The lowest BCUT2D eigenvalue weighted by molar-refractivity contribution is -0.119. The SMILES string of the molecule is CC[C@H](C(=O)N1CCc2ccccc21)N(c1ccccc1F)S(C)(=O)=O. The van der Waals surface area contributed by atoms with Gasteiger partial charge in [-0.1, -0.05) is 37.3 Å². The van der Waals surface area contributed by atoms with Crippen molar-refractivity contribution in [2.24, 2.45) is 0 Å². The highest BCUT2D eigenvalue weighted by Crippen LogP contribution is 2.31. The molecule has 5 nitrogen and oxygen atoms in total. The molecule has 0 bridgehead atoms. The molecule has 7 heteroatoms. The highest BCUT2D eigenvalue weighted by molar-refractivity contribution is 7.92. The van der Waals surface area contributed by atoms with Gasteiger partial charge in [0.15, 0.2) is 0 Å². The van der Waals surface area contributed by atoms with E-state index < -0.39 is 21.9 Å². The van der Waals surface area contributed by atoms with Gasteiger partial charge in [0.1, 0.15) is 11.9 Å². The van der Waals surface area contributed by atoms with E-state index in [2.05, 4.69) is 0 Å². The molecule has 1 aliphatic rings. The minimum atomic E-state index is -3.86. The van der Waals surface area contributed by atoms with Crippen molar-refractivity contribution in [2.45, 2.75) is 25.8 Å². The molecule has 0 unspecified atom stereocenters. The molecule has 0 fully saturated rings. The third kappa shape index (κ3) is 3.31. The summed E-state index contributed by atoms with van der Waals surface area (Å²) in [6.45, 7) is 2.22. The van der Waals surface area contributed by atoms with Crippen molar-refractivity contribution in [2.75, 3.05) is 22.0 Å². The predicted molar refractivity (Wildman–Crippen MR) is 100 cm³/mol. The lowest BCUT2D eigenvalue weighted by Gasteiger charge is -2.33. The van der Waals surface area contributed by atoms with Gasteiger partial charge in [-0.05, 0) is 36.6 Å². The van der Waals surface area contributed by atoms with Gasteiger partial charge in [0, 0.05) is 12.2 Å². The number of rotatable bonds is 5. The summed E-state index contributed by atoms with van der Waals surface area (Å²) in [6, 6.07) is 12.2. The fourth-order valence-corrected chi connectivity index (χ4v) is 4.60. The van der Waals surface area contributed by atoms with Crippen LogP contribution in [-0.2, 0) is 21.2 Å². The van der Waals surface area contributed by atoms with Crippen LogP contribution in [0.2, 0.25) is 0 Å². The molecule has 1 amide bonds. The van der Waals surface area contributed by atoms with Crippen LogP contribution < -0.4 is 9.21 Å². The number of carbonyl (C=O) groups excluding carboxylic acids is 1. The van der Waals surface area contributed by atoms with E-state index in [-0.39, 0.29) is 18.0 Å². The molecule has 0 saturated carbocycles. The molecule has 1 aliphatic heterocycles. The summed E-state index contributed by atoms with van der Waals surface area (Å²) < 4.78 is 40.1. The van der Waals surface area contributed by atoms with E-state index in [1.807, 2.05) is 24.3 Å². The fraction of sp³-hybridized carbons (Fsp3) is 0.316. The highest BCUT2D eigenvalue weighted by atomic mass is 32.2. The van der Waals surface area contributed by atoms with Gasteiger partial charge >= 0.3 is 0 Å². The zero-order valence-electron chi connectivity index (χ0n) is 14.7. The van der Waals surface area contributed by atoms with Crippen LogP contribution in [0.4, 0.5) is 15.8 Å². The first-order valence-corrected chi connectivity index (χ1v) is 10.3. The van der Waals surface area contributed by atoms with Gasteiger partial charge in [-0.2, -0.15) is 0 Å². The van der Waals surface area contributed by atoms with E-state index in [0.717, 1.165) is 28.2 Å². The second-order valence-electron chi connectivity index (χ2n) is 6.30. The summed E-state index contributed by atoms with van der Waals surface area (Å²) in [4.78, 5) is 14.8. The molecule has 3 rings (SSSR count). The quantitative estimate of drug-likeness (QED) is 0.806. The van der Waals surface area contributed by atoms with Crippen LogP contribution in [-0.4, -0.2) is 33.2 Å². The van der Waals surface area contributed by atoms with Crippen molar-refractivity contribution in [3.63, 3.8) is 0 Å². The van der Waals surface area contributed by atoms with E-state index in [4.69, 9.17) is 0 Å². The van der Waals surface area contributed by atoms with Crippen LogP contribution in [0, 0.1) is 5.82 Å². The van der Waals surface area contributed by atoms with E-state index in [1.54, 1.807) is 17.9 Å². The average molecular weight is 376 g/mol. The van der Waals surface area contributed by atoms with Crippen LogP contribution in [0.3, 0.4) is 0 Å². The van der Waals surface area contributed by atoms with Gasteiger partial charge < -0.3 is 4.90 Å². The van der Waals surface area contributed by atoms with Crippen LogP contribution >= 0.6 is 0 Å². The lowest BCUT2D eigenvalue weighted by atomic mass is 10.1. The van der Waals surface area contributed by atoms with Gasteiger partial charge in [0.25, 0.3) is 5.91 Å². The van der Waals surface area contributed by atoms with Crippen LogP contribution in [0.5, 0.6) is 0 Å². The Morgan fingerprint density at radius 1 is 1.19 bits per heavy atom. The summed E-state index contributed by atoms with van der Waals surface area (Å²) >= 11 is 0. The van der Waals surface area contributed by atoms with Gasteiger partial charge in [0.05, 0.1) is 11.9 Å². The normalized spacial score (nSPS) is 14.8. The van der Waals surface area contributed by atoms with Crippen LogP contribution in [0.1, 0.15) is 18.9 Å². The predicted octanol–water partition coefficient (Wildman–Crippen LogP) is 2.96. The van der Waals surface area contributed by atoms with Crippen molar-refractivity contribution in [3.05, 3.63) is 59.9 Å². The molecule has 1 heterocycles. The number of carbonyl (C=O) groups is 1. The number of amides is 1. The Balaban J connectivity index is 2.03. The van der Waals surface area contributed by atoms with Crippen molar-refractivity contribution < 1.29 is 17.6 Å². The summed E-state index contributed by atoms with van der Waals surface area (Å²) in [5.74, 6) is -1.02. The molecule has 138 valence electrons. The molecular weight excluding hydrogens is 355 g/mol. The Bertz CT molecular complexity index is 930. The Labute approximate surface area is 153 Å². The summed E-state index contributed by atoms with van der Waals surface area (Å²) in [5.41, 5.74) is 1.73.